The molecule has 18 heavy (non-hydrogen) atoms. The summed E-state index contributed by atoms with van der Waals surface area (Å²) >= 11 is 0. The van der Waals surface area contributed by atoms with Crippen molar-refractivity contribution in [3.63, 3.8) is 0 Å². The van der Waals surface area contributed by atoms with Crippen LogP contribution in [0.5, 0.6) is 5.75 Å². The second kappa shape index (κ2) is 4.94. The van der Waals surface area contributed by atoms with Gasteiger partial charge in [-0.05, 0) is 31.0 Å². The Morgan fingerprint density at radius 1 is 1.61 bits per heavy atom. The molecule has 0 spiro atoms. The van der Waals surface area contributed by atoms with Crippen molar-refractivity contribution < 1.29 is 19.0 Å². The second-order valence-electron chi connectivity index (χ2n) is 4.62. The molecular formula is C13H16FNO3. The van der Waals surface area contributed by atoms with Gasteiger partial charge in [0.25, 0.3) is 0 Å². The first-order valence-corrected chi connectivity index (χ1v) is 5.84. The van der Waals surface area contributed by atoms with Gasteiger partial charge in [0.2, 0.25) is 0 Å². The van der Waals surface area contributed by atoms with Crippen LogP contribution < -0.4 is 10.1 Å². The summed E-state index contributed by atoms with van der Waals surface area (Å²) < 4.78 is 18.9. The molecule has 1 unspecified atom stereocenters. The summed E-state index contributed by atoms with van der Waals surface area (Å²) in [5.74, 6) is -1.19. The molecule has 2 N–H and O–H groups in total. The Hall–Kier alpha value is -1.62. The summed E-state index contributed by atoms with van der Waals surface area (Å²) in [5, 5.41) is 12.4. The van der Waals surface area contributed by atoms with Gasteiger partial charge in [0.05, 0.1) is 12.5 Å². The minimum atomic E-state index is -0.910. The minimum absolute atomic E-state index is 0.152. The smallest absolute Gasteiger partial charge is 0.311 e. The zero-order valence-corrected chi connectivity index (χ0v) is 10.2. The van der Waals surface area contributed by atoms with Crippen LogP contribution in [0.25, 0.3) is 0 Å². The molecule has 1 aromatic rings. The molecule has 0 aromatic heterocycles. The molecule has 0 aliphatic carbocycles. The van der Waals surface area contributed by atoms with E-state index < -0.39 is 17.2 Å². The van der Waals surface area contributed by atoms with Crippen molar-refractivity contribution in [2.24, 2.45) is 5.41 Å². The fraction of sp³-hybridized carbons (Fsp3) is 0.462. The quantitative estimate of drug-likeness (QED) is 0.852. The average molecular weight is 253 g/mol. The molecule has 1 fully saturated rings. The van der Waals surface area contributed by atoms with Gasteiger partial charge in [-0.25, -0.2) is 4.39 Å². The summed E-state index contributed by atoms with van der Waals surface area (Å²) in [6.07, 6.45) is 0.692. The van der Waals surface area contributed by atoms with E-state index in [1.165, 1.54) is 13.2 Å². The normalized spacial score (nSPS) is 23.0. The van der Waals surface area contributed by atoms with E-state index in [1.807, 2.05) is 0 Å². The maximum Gasteiger partial charge on any atom is 0.311 e. The molecule has 5 heteroatoms. The molecule has 2 rings (SSSR count). The van der Waals surface area contributed by atoms with Gasteiger partial charge in [0.15, 0.2) is 11.6 Å². The molecule has 0 amide bonds. The molecule has 1 aliphatic rings. The topological polar surface area (TPSA) is 58.6 Å². The van der Waals surface area contributed by atoms with Crippen LogP contribution in [0.15, 0.2) is 18.2 Å². The van der Waals surface area contributed by atoms with Gasteiger partial charge in [-0.1, -0.05) is 12.1 Å². The van der Waals surface area contributed by atoms with Crippen molar-refractivity contribution in [1.29, 1.82) is 0 Å². The van der Waals surface area contributed by atoms with E-state index >= 15 is 0 Å². The first kappa shape index (κ1) is 12.8. The molecule has 1 atom stereocenters. The van der Waals surface area contributed by atoms with Crippen LogP contribution >= 0.6 is 0 Å². The highest BCUT2D eigenvalue weighted by Crippen LogP contribution is 2.33. The second-order valence-corrected chi connectivity index (χ2v) is 4.62. The van der Waals surface area contributed by atoms with Crippen LogP contribution in [0.3, 0.4) is 0 Å². The Kier molecular flexibility index (Phi) is 3.52. The highest BCUT2D eigenvalue weighted by Gasteiger charge is 2.42. The van der Waals surface area contributed by atoms with E-state index in [2.05, 4.69) is 5.32 Å². The molecular weight excluding hydrogens is 237 g/mol. The van der Waals surface area contributed by atoms with E-state index in [1.54, 1.807) is 12.1 Å². The van der Waals surface area contributed by atoms with Crippen LogP contribution in [0.1, 0.15) is 12.0 Å². The van der Waals surface area contributed by atoms with Gasteiger partial charge in [0, 0.05) is 6.54 Å². The third-order valence-electron chi connectivity index (χ3n) is 3.49. The first-order chi connectivity index (χ1) is 8.59. The molecule has 1 saturated heterocycles. The van der Waals surface area contributed by atoms with Crippen molar-refractivity contribution in [1.82, 2.24) is 5.32 Å². The summed E-state index contributed by atoms with van der Waals surface area (Å²) in [5.41, 5.74) is -0.520. The molecule has 1 heterocycles. The Morgan fingerprint density at radius 3 is 2.94 bits per heavy atom. The van der Waals surface area contributed by atoms with Gasteiger partial charge in [-0.3, -0.25) is 4.79 Å². The molecule has 0 bridgehead atoms. The number of carbonyl (C=O) groups is 1. The number of ether oxygens (including phenoxy) is 1. The Bertz CT molecular complexity index is 456. The molecule has 1 aromatic carbocycles. The maximum absolute atomic E-state index is 14.0. The lowest BCUT2D eigenvalue weighted by molar-refractivity contribution is -0.147. The highest BCUT2D eigenvalue weighted by molar-refractivity contribution is 5.76. The van der Waals surface area contributed by atoms with E-state index in [0.717, 1.165) is 0 Å². The summed E-state index contributed by atoms with van der Waals surface area (Å²) in [6.45, 7) is 1.02. The van der Waals surface area contributed by atoms with Gasteiger partial charge in [-0.2, -0.15) is 0 Å². The molecule has 1 aliphatic heterocycles. The van der Waals surface area contributed by atoms with Crippen molar-refractivity contribution >= 4 is 5.97 Å². The molecule has 4 nitrogen and oxygen atoms in total. The number of carboxylic acids is 1. The number of nitrogens with one attached hydrogen (secondary N) is 1. The largest absolute Gasteiger partial charge is 0.494 e. The van der Waals surface area contributed by atoms with Crippen LogP contribution in [-0.2, 0) is 11.2 Å². The third kappa shape index (κ3) is 2.18. The van der Waals surface area contributed by atoms with E-state index in [-0.39, 0.29) is 12.2 Å². The number of halogens is 1. The van der Waals surface area contributed by atoms with E-state index in [9.17, 15) is 14.3 Å². The van der Waals surface area contributed by atoms with Crippen LogP contribution in [0, 0.1) is 11.2 Å². The predicted molar refractivity (Wildman–Crippen MR) is 64.2 cm³/mol. The standard InChI is InChI=1S/C13H16FNO3/c1-18-10-4-2-3-9(11(10)14)7-13(12(16)17)5-6-15-8-13/h2-4,15H,5-8H2,1H3,(H,16,17). The number of aliphatic carboxylic acids is 1. The Labute approximate surface area is 105 Å². The number of methoxy groups -OCH3 is 1. The zero-order chi connectivity index (χ0) is 13.2. The van der Waals surface area contributed by atoms with Crippen LogP contribution in [0.2, 0.25) is 0 Å². The van der Waals surface area contributed by atoms with Gasteiger partial charge in [-0.15, -0.1) is 0 Å². The van der Waals surface area contributed by atoms with Gasteiger partial charge < -0.3 is 15.2 Å². The zero-order valence-electron chi connectivity index (χ0n) is 10.2. The van der Waals surface area contributed by atoms with Gasteiger partial charge in [0.1, 0.15) is 0 Å². The van der Waals surface area contributed by atoms with E-state index in [0.29, 0.717) is 25.1 Å². The Balaban J connectivity index is 2.30. The monoisotopic (exact) mass is 253 g/mol. The number of benzene rings is 1. The number of hydrogen-bond donors (Lipinski definition) is 2. The molecule has 98 valence electrons. The Morgan fingerprint density at radius 2 is 2.39 bits per heavy atom. The summed E-state index contributed by atoms with van der Waals surface area (Å²) in [7, 11) is 1.40. The van der Waals surface area contributed by atoms with Gasteiger partial charge >= 0.3 is 5.97 Å². The highest BCUT2D eigenvalue weighted by atomic mass is 19.1. The van der Waals surface area contributed by atoms with Crippen molar-refractivity contribution in [2.45, 2.75) is 12.8 Å². The summed E-state index contributed by atoms with van der Waals surface area (Å²) in [4.78, 5) is 11.4. The van der Waals surface area contributed by atoms with E-state index in [4.69, 9.17) is 4.74 Å². The lowest BCUT2D eigenvalue weighted by Crippen LogP contribution is -2.35. The van der Waals surface area contributed by atoms with Crippen LogP contribution in [0.4, 0.5) is 4.39 Å². The fourth-order valence-electron chi connectivity index (χ4n) is 2.37. The van der Waals surface area contributed by atoms with Crippen molar-refractivity contribution in [3.05, 3.63) is 29.6 Å². The molecule has 0 saturated carbocycles. The summed E-state index contributed by atoms with van der Waals surface area (Å²) in [6, 6.07) is 4.81. The average Bonchev–Trinajstić information content (AvgIpc) is 2.82. The number of hydrogen-bond acceptors (Lipinski definition) is 3. The fourth-order valence-corrected chi connectivity index (χ4v) is 2.37. The lowest BCUT2D eigenvalue weighted by Gasteiger charge is -2.23. The SMILES string of the molecule is COc1cccc(CC2(C(=O)O)CCNC2)c1F. The maximum atomic E-state index is 14.0. The predicted octanol–water partition coefficient (Wildman–Crippen LogP) is 1.44. The minimum Gasteiger partial charge on any atom is -0.494 e. The number of carboxylic acid groups (broad SMARTS) is 1. The number of rotatable bonds is 4. The van der Waals surface area contributed by atoms with Crippen LogP contribution in [-0.4, -0.2) is 31.3 Å². The third-order valence-corrected chi connectivity index (χ3v) is 3.49. The van der Waals surface area contributed by atoms with Crippen molar-refractivity contribution in [3.8, 4) is 5.75 Å². The van der Waals surface area contributed by atoms with Crippen molar-refractivity contribution in [2.75, 3.05) is 20.2 Å². The lowest BCUT2D eigenvalue weighted by atomic mass is 9.80. The molecule has 0 radical (unpaired) electrons. The first-order valence-electron chi connectivity index (χ1n) is 5.84.